The average Bonchev–Trinajstić information content (AvgIpc) is 3.07. The molecule has 0 fully saturated rings. The van der Waals surface area contributed by atoms with Crippen LogP contribution in [0.5, 0.6) is 0 Å². The van der Waals surface area contributed by atoms with Crippen LogP contribution in [0.3, 0.4) is 0 Å². The number of ether oxygens (including phenoxy) is 1. The molecular formula is C23H28ClN3O3S. The summed E-state index contributed by atoms with van der Waals surface area (Å²) in [4.78, 5) is 34.2. The van der Waals surface area contributed by atoms with Gasteiger partial charge in [0.2, 0.25) is 5.91 Å². The fraction of sp³-hybridized carbons (Fsp3) is 0.435. The van der Waals surface area contributed by atoms with Crippen LogP contribution in [0.1, 0.15) is 52.6 Å². The summed E-state index contributed by atoms with van der Waals surface area (Å²) in [5, 5.41) is 3.29. The molecule has 1 atom stereocenters. The maximum absolute atomic E-state index is 13.2. The Morgan fingerprint density at radius 2 is 1.90 bits per heavy atom. The van der Waals surface area contributed by atoms with E-state index in [1.165, 1.54) is 11.8 Å². The number of thioether (sulfide) groups is 1. The molecule has 0 aliphatic carbocycles. The highest BCUT2D eigenvalue weighted by molar-refractivity contribution is 8.16. The Balaban J connectivity index is 2.06. The van der Waals surface area contributed by atoms with Crippen molar-refractivity contribution >= 4 is 40.4 Å². The molecule has 2 aliphatic heterocycles. The van der Waals surface area contributed by atoms with Gasteiger partial charge in [-0.2, -0.15) is 0 Å². The molecule has 31 heavy (non-hydrogen) atoms. The summed E-state index contributed by atoms with van der Waals surface area (Å²) in [5.41, 5.74) is 2.12. The Morgan fingerprint density at radius 1 is 1.26 bits per heavy atom. The first kappa shape index (κ1) is 23.4. The lowest BCUT2D eigenvalue weighted by molar-refractivity contribution is -0.150. The summed E-state index contributed by atoms with van der Waals surface area (Å²) in [6.07, 6.45) is 0.223. The fourth-order valence-corrected chi connectivity index (χ4v) is 4.48. The lowest BCUT2D eigenvalue weighted by atomic mass is 9.93. The van der Waals surface area contributed by atoms with Crippen LogP contribution in [0.4, 0.5) is 0 Å². The number of carbonyl (C=O) groups excluding carboxylic acids is 2. The summed E-state index contributed by atoms with van der Waals surface area (Å²) in [5.74, 6) is -0.406. The number of benzene rings is 1. The highest BCUT2D eigenvalue weighted by Crippen LogP contribution is 2.45. The molecule has 8 heteroatoms. The summed E-state index contributed by atoms with van der Waals surface area (Å²) >= 11 is 7.58. The van der Waals surface area contributed by atoms with Crippen molar-refractivity contribution in [2.24, 2.45) is 4.99 Å². The Bertz CT molecular complexity index is 977. The molecule has 1 amide bonds. The Morgan fingerprint density at radius 3 is 2.48 bits per heavy atom. The summed E-state index contributed by atoms with van der Waals surface area (Å²) in [6, 6.07) is 6.93. The number of nitrogens with zero attached hydrogens (tertiary/aromatic N) is 3. The van der Waals surface area contributed by atoms with Crippen molar-refractivity contribution < 1.29 is 14.3 Å². The monoisotopic (exact) mass is 461 g/mol. The average molecular weight is 462 g/mol. The van der Waals surface area contributed by atoms with Crippen LogP contribution in [0.15, 0.2) is 51.6 Å². The molecule has 0 saturated carbocycles. The van der Waals surface area contributed by atoms with Crippen LogP contribution >= 0.6 is 23.4 Å². The van der Waals surface area contributed by atoms with Crippen molar-refractivity contribution in [3.05, 3.63) is 57.2 Å². The molecule has 3 rings (SSSR count). The molecule has 2 aliphatic rings. The number of fused-ring (bicyclic) bond motifs is 1. The standard InChI is InChI=1S/C23H28ClN3O3S/c1-7-26(6)18(28)12-17-13-31-22-25-14(2)19(21(29)30-23(3,4)5)20(27(17)22)15-8-10-16(24)11-9-15/h8-11,13,20H,7,12H2,1-6H3/t20-/m1/s1. The van der Waals surface area contributed by atoms with Crippen molar-refractivity contribution in [3.8, 4) is 0 Å². The van der Waals surface area contributed by atoms with Crippen molar-refractivity contribution in [1.82, 2.24) is 9.80 Å². The zero-order valence-corrected chi connectivity index (χ0v) is 20.3. The van der Waals surface area contributed by atoms with Gasteiger partial charge in [0.05, 0.1) is 23.7 Å². The van der Waals surface area contributed by atoms with Crippen molar-refractivity contribution in [1.29, 1.82) is 0 Å². The summed E-state index contributed by atoms with van der Waals surface area (Å²) < 4.78 is 5.72. The third kappa shape index (κ3) is 5.15. The highest BCUT2D eigenvalue weighted by Gasteiger charge is 2.42. The van der Waals surface area contributed by atoms with Crippen LogP contribution in [-0.2, 0) is 14.3 Å². The third-order valence-electron chi connectivity index (χ3n) is 5.04. The third-order valence-corrected chi connectivity index (χ3v) is 6.18. The van der Waals surface area contributed by atoms with Gasteiger partial charge in [-0.3, -0.25) is 4.79 Å². The molecule has 2 heterocycles. The van der Waals surface area contributed by atoms with Gasteiger partial charge in [-0.15, -0.1) is 0 Å². The highest BCUT2D eigenvalue weighted by atomic mass is 35.5. The summed E-state index contributed by atoms with van der Waals surface area (Å²) in [7, 11) is 1.78. The van der Waals surface area contributed by atoms with E-state index in [1.807, 2.05) is 57.1 Å². The second kappa shape index (κ2) is 9.09. The maximum atomic E-state index is 13.2. The van der Waals surface area contributed by atoms with Crippen molar-refractivity contribution in [2.75, 3.05) is 13.6 Å². The van der Waals surface area contributed by atoms with E-state index in [2.05, 4.69) is 4.99 Å². The summed E-state index contributed by atoms with van der Waals surface area (Å²) in [6.45, 7) is 9.90. The number of hydrogen-bond donors (Lipinski definition) is 0. The van der Waals surface area contributed by atoms with E-state index >= 15 is 0 Å². The smallest absolute Gasteiger partial charge is 0.338 e. The minimum absolute atomic E-state index is 0.00977. The predicted octanol–water partition coefficient (Wildman–Crippen LogP) is 5.13. The van der Waals surface area contributed by atoms with Crippen LogP contribution < -0.4 is 0 Å². The molecule has 0 N–H and O–H groups in total. The van der Waals surface area contributed by atoms with Crippen molar-refractivity contribution in [3.63, 3.8) is 0 Å². The maximum Gasteiger partial charge on any atom is 0.338 e. The number of allylic oxidation sites excluding steroid dienone is 1. The molecule has 0 saturated heterocycles. The number of esters is 1. The van der Waals surface area contributed by atoms with E-state index in [-0.39, 0.29) is 12.3 Å². The van der Waals surface area contributed by atoms with E-state index < -0.39 is 17.6 Å². The number of amides is 1. The van der Waals surface area contributed by atoms with Gasteiger partial charge in [0.25, 0.3) is 0 Å². The number of rotatable bonds is 5. The SMILES string of the molecule is CCN(C)C(=O)CC1=CSC2=NC(C)=C(C(=O)OC(C)(C)C)[C@@H](c3ccc(Cl)cc3)N12. The second-order valence-corrected chi connectivity index (χ2v) is 9.80. The van der Waals surface area contributed by atoms with Crippen LogP contribution in [0.2, 0.25) is 5.02 Å². The second-order valence-electron chi connectivity index (χ2n) is 8.53. The predicted molar refractivity (Wildman–Crippen MR) is 126 cm³/mol. The van der Waals surface area contributed by atoms with Gasteiger partial charge >= 0.3 is 5.97 Å². The van der Waals surface area contributed by atoms with Gasteiger partial charge in [0.1, 0.15) is 5.60 Å². The number of hydrogen-bond acceptors (Lipinski definition) is 6. The van der Waals surface area contributed by atoms with Gasteiger partial charge in [-0.1, -0.05) is 35.5 Å². The van der Waals surface area contributed by atoms with E-state index in [1.54, 1.807) is 24.1 Å². The molecule has 0 spiro atoms. The van der Waals surface area contributed by atoms with Crippen LogP contribution in [-0.4, -0.2) is 46.0 Å². The molecule has 0 bridgehead atoms. The Labute approximate surface area is 193 Å². The molecule has 0 aromatic heterocycles. The minimum Gasteiger partial charge on any atom is -0.456 e. The van der Waals surface area contributed by atoms with Crippen LogP contribution in [0.25, 0.3) is 0 Å². The lowest BCUT2D eigenvalue weighted by Crippen LogP contribution is -2.39. The van der Waals surface area contributed by atoms with E-state index in [0.29, 0.717) is 22.8 Å². The van der Waals surface area contributed by atoms with Gasteiger partial charge in [-0.25, -0.2) is 9.79 Å². The Kier molecular flexibility index (Phi) is 6.86. The molecule has 1 aromatic rings. The zero-order chi connectivity index (χ0) is 22.9. The van der Waals surface area contributed by atoms with Gasteiger partial charge < -0.3 is 14.5 Å². The number of halogens is 1. The molecule has 0 unspecified atom stereocenters. The van der Waals surface area contributed by atoms with E-state index in [9.17, 15) is 9.59 Å². The minimum atomic E-state index is -0.642. The fourth-order valence-electron chi connectivity index (χ4n) is 3.39. The first-order chi connectivity index (χ1) is 14.5. The molecule has 1 aromatic carbocycles. The quantitative estimate of drug-likeness (QED) is 0.569. The van der Waals surface area contributed by atoms with Gasteiger partial charge in [0.15, 0.2) is 5.17 Å². The van der Waals surface area contributed by atoms with Crippen LogP contribution in [0, 0.1) is 0 Å². The molecular weight excluding hydrogens is 434 g/mol. The molecule has 0 radical (unpaired) electrons. The molecule has 166 valence electrons. The number of amidine groups is 1. The number of carbonyl (C=O) groups is 2. The van der Waals surface area contributed by atoms with Crippen molar-refractivity contribution in [2.45, 2.75) is 52.7 Å². The largest absolute Gasteiger partial charge is 0.456 e. The number of aliphatic imine (C=N–C) groups is 1. The first-order valence-corrected chi connectivity index (χ1v) is 11.4. The topological polar surface area (TPSA) is 62.2 Å². The zero-order valence-electron chi connectivity index (χ0n) is 18.7. The molecule has 6 nitrogen and oxygen atoms in total. The lowest BCUT2D eigenvalue weighted by Gasteiger charge is -2.37. The van der Waals surface area contributed by atoms with E-state index in [4.69, 9.17) is 16.3 Å². The van der Waals surface area contributed by atoms with Gasteiger partial charge in [-0.05, 0) is 57.7 Å². The normalized spacial score (nSPS) is 18.4. The van der Waals surface area contributed by atoms with Gasteiger partial charge in [0, 0.05) is 24.3 Å². The van der Waals surface area contributed by atoms with E-state index in [0.717, 1.165) is 16.4 Å². The first-order valence-electron chi connectivity index (χ1n) is 10.2. The Hall–Kier alpha value is -2.25.